The zero-order valence-corrected chi connectivity index (χ0v) is 11.3. The maximum Gasteiger partial charge on any atom is 0.243 e. The van der Waals surface area contributed by atoms with Crippen LogP contribution in [0.15, 0.2) is 24.3 Å². The van der Waals surface area contributed by atoms with Gasteiger partial charge in [0.25, 0.3) is 0 Å². The largest absolute Gasteiger partial charge is 0.352 e. The molecule has 5 heteroatoms. The lowest BCUT2D eigenvalue weighted by Crippen LogP contribution is -2.44. The molecule has 1 unspecified atom stereocenters. The number of nitrogens with one attached hydrogen (secondary N) is 2. The SMILES string of the molecule is O=C(NC1CC1)C1CCCN1c1nc2ccccc2[nH]1. The summed E-state index contributed by atoms with van der Waals surface area (Å²) < 4.78 is 0. The Balaban J connectivity index is 1.60. The van der Waals surface area contributed by atoms with Crippen molar-refractivity contribution in [1.29, 1.82) is 0 Å². The van der Waals surface area contributed by atoms with Crippen LogP contribution in [0.2, 0.25) is 0 Å². The van der Waals surface area contributed by atoms with Crippen molar-refractivity contribution in [3.63, 3.8) is 0 Å². The predicted octanol–water partition coefficient (Wildman–Crippen LogP) is 1.81. The van der Waals surface area contributed by atoms with Gasteiger partial charge in [0.2, 0.25) is 11.9 Å². The first-order valence-electron chi connectivity index (χ1n) is 7.33. The molecule has 1 atom stereocenters. The van der Waals surface area contributed by atoms with Crippen LogP contribution in [-0.2, 0) is 4.79 Å². The number of H-pyrrole nitrogens is 1. The second-order valence-corrected chi connectivity index (χ2v) is 5.71. The number of rotatable bonds is 3. The van der Waals surface area contributed by atoms with Gasteiger partial charge < -0.3 is 15.2 Å². The van der Waals surface area contributed by atoms with Crippen molar-refractivity contribution in [2.75, 3.05) is 11.4 Å². The van der Waals surface area contributed by atoms with Crippen LogP contribution in [0, 0.1) is 0 Å². The Kier molecular flexibility index (Phi) is 2.65. The van der Waals surface area contributed by atoms with E-state index in [1.807, 2.05) is 24.3 Å². The Bertz CT molecular complexity index is 613. The lowest BCUT2D eigenvalue weighted by atomic mass is 10.2. The van der Waals surface area contributed by atoms with Gasteiger partial charge >= 0.3 is 0 Å². The van der Waals surface area contributed by atoms with Gasteiger partial charge in [0.1, 0.15) is 6.04 Å². The average Bonchev–Trinajstić information content (AvgIpc) is 3.00. The first kappa shape index (κ1) is 11.8. The van der Waals surface area contributed by atoms with Gasteiger partial charge in [0, 0.05) is 12.6 Å². The van der Waals surface area contributed by atoms with Crippen molar-refractivity contribution in [1.82, 2.24) is 15.3 Å². The fourth-order valence-electron chi connectivity index (χ4n) is 2.89. The van der Waals surface area contributed by atoms with Crippen molar-refractivity contribution < 1.29 is 4.79 Å². The zero-order chi connectivity index (χ0) is 13.5. The van der Waals surface area contributed by atoms with Gasteiger partial charge in [-0.3, -0.25) is 4.79 Å². The second-order valence-electron chi connectivity index (χ2n) is 5.71. The molecule has 0 radical (unpaired) electrons. The molecule has 2 fully saturated rings. The number of benzene rings is 1. The van der Waals surface area contributed by atoms with Gasteiger partial charge in [0.15, 0.2) is 0 Å². The van der Waals surface area contributed by atoms with E-state index in [4.69, 9.17) is 0 Å². The van der Waals surface area contributed by atoms with Crippen molar-refractivity contribution in [2.45, 2.75) is 37.8 Å². The molecule has 2 aliphatic rings. The Hall–Kier alpha value is -2.04. The minimum absolute atomic E-state index is 0.0730. The summed E-state index contributed by atoms with van der Waals surface area (Å²) >= 11 is 0. The number of hydrogen-bond acceptors (Lipinski definition) is 3. The third-order valence-electron chi connectivity index (χ3n) is 4.13. The monoisotopic (exact) mass is 270 g/mol. The Labute approximate surface area is 117 Å². The molecule has 2 N–H and O–H groups in total. The number of carbonyl (C=O) groups excluding carboxylic acids is 1. The normalized spacial score (nSPS) is 22.4. The second kappa shape index (κ2) is 4.51. The van der Waals surface area contributed by atoms with Crippen LogP contribution < -0.4 is 10.2 Å². The van der Waals surface area contributed by atoms with Crippen LogP contribution >= 0.6 is 0 Å². The number of amides is 1. The van der Waals surface area contributed by atoms with E-state index in [9.17, 15) is 4.79 Å². The molecular weight excluding hydrogens is 252 g/mol. The number of nitrogens with zero attached hydrogens (tertiary/aromatic N) is 2. The van der Waals surface area contributed by atoms with Gasteiger partial charge in [0.05, 0.1) is 11.0 Å². The molecule has 1 saturated heterocycles. The lowest BCUT2D eigenvalue weighted by molar-refractivity contribution is -0.122. The number of imidazole rings is 1. The molecule has 1 aromatic heterocycles. The van der Waals surface area contributed by atoms with Crippen molar-refractivity contribution in [3.8, 4) is 0 Å². The summed E-state index contributed by atoms with van der Waals surface area (Å²) in [5.74, 6) is 0.977. The molecule has 104 valence electrons. The maximum atomic E-state index is 12.3. The summed E-state index contributed by atoms with van der Waals surface area (Å²) in [6.45, 7) is 0.891. The molecular formula is C15H18N4O. The highest BCUT2D eigenvalue weighted by Gasteiger charge is 2.35. The summed E-state index contributed by atoms with van der Waals surface area (Å²) in [5.41, 5.74) is 1.98. The van der Waals surface area contributed by atoms with Crippen LogP contribution in [0.5, 0.6) is 0 Å². The van der Waals surface area contributed by atoms with E-state index in [1.165, 1.54) is 0 Å². The quantitative estimate of drug-likeness (QED) is 0.894. The van der Waals surface area contributed by atoms with E-state index in [-0.39, 0.29) is 11.9 Å². The number of carbonyl (C=O) groups is 1. The molecule has 0 spiro atoms. The Morgan fingerprint density at radius 1 is 1.30 bits per heavy atom. The van der Waals surface area contributed by atoms with Crippen LogP contribution in [0.1, 0.15) is 25.7 Å². The number of anilines is 1. The number of aromatic nitrogens is 2. The maximum absolute atomic E-state index is 12.3. The van der Waals surface area contributed by atoms with Crippen LogP contribution in [-0.4, -0.2) is 34.5 Å². The summed E-state index contributed by atoms with van der Waals surface area (Å²) in [6, 6.07) is 8.32. The molecule has 1 saturated carbocycles. The van der Waals surface area contributed by atoms with Crippen molar-refractivity contribution in [3.05, 3.63) is 24.3 Å². The summed E-state index contributed by atoms with van der Waals surface area (Å²) in [4.78, 5) is 22.3. The number of hydrogen-bond donors (Lipinski definition) is 2. The summed E-state index contributed by atoms with van der Waals surface area (Å²) in [7, 11) is 0. The lowest BCUT2D eigenvalue weighted by Gasteiger charge is -2.23. The van der Waals surface area contributed by atoms with Crippen LogP contribution in [0.4, 0.5) is 5.95 Å². The molecule has 1 aliphatic carbocycles. The van der Waals surface area contributed by atoms with Crippen LogP contribution in [0.3, 0.4) is 0 Å². The first-order chi connectivity index (χ1) is 9.81. The number of para-hydroxylation sites is 2. The average molecular weight is 270 g/mol. The van der Waals surface area contributed by atoms with Crippen LogP contribution in [0.25, 0.3) is 11.0 Å². The highest BCUT2D eigenvalue weighted by Crippen LogP contribution is 2.27. The third kappa shape index (κ3) is 2.03. The fraction of sp³-hybridized carbons (Fsp3) is 0.467. The van der Waals surface area contributed by atoms with Gasteiger partial charge in [-0.1, -0.05) is 12.1 Å². The van der Waals surface area contributed by atoms with Gasteiger partial charge in [-0.25, -0.2) is 4.98 Å². The number of aromatic amines is 1. The van der Waals surface area contributed by atoms with Gasteiger partial charge in [-0.2, -0.15) is 0 Å². The minimum Gasteiger partial charge on any atom is -0.352 e. The highest BCUT2D eigenvalue weighted by atomic mass is 16.2. The molecule has 1 aliphatic heterocycles. The van der Waals surface area contributed by atoms with E-state index in [0.29, 0.717) is 6.04 Å². The first-order valence-corrected chi connectivity index (χ1v) is 7.33. The number of fused-ring (bicyclic) bond motifs is 1. The molecule has 1 amide bonds. The molecule has 20 heavy (non-hydrogen) atoms. The Morgan fingerprint density at radius 2 is 2.15 bits per heavy atom. The van der Waals surface area contributed by atoms with Crippen molar-refractivity contribution in [2.24, 2.45) is 0 Å². The third-order valence-corrected chi connectivity index (χ3v) is 4.13. The highest BCUT2D eigenvalue weighted by molar-refractivity contribution is 5.86. The zero-order valence-electron chi connectivity index (χ0n) is 11.3. The molecule has 4 rings (SSSR count). The van der Waals surface area contributed by atoms with E-state index in [1.54, 1.807) is 0 Å². The van der Waals surface area contributed by atoms with E-state index in [2.05, 4.69) is 20.2 Å². The summed E-state index contributed by atoms with van der Waals surface area (Å²) in [5, 5.41) is 3.11. The standard InChI is InChI=1S/C15H18N4O/c20-14(16-10-7-8-10)13-6-3-9-19(13)15-17-11-4-1-2-5-12(11)18-15/h1-2,4-5,10,13H,3,6-9H2,(H,16,20)(H,17,18). The molecule has 5 nitrogen and oxygen atoms in total. The smallest absolute Gasteiger partial charge is 0.243 e. The van der Waals surface area contributed by atoms with Crippen molar-refractivity contribution >= 4 is 22.9 Å². The van der Waals surface area contributed by atoms with E-state index < -0.39 is 0 Å². The molecule has 2 heterocycles. The van der Waals surface area contributed by atoms with E-state index >= 15 is 0 Å². The molecule has 1 aromatic carbocycles. The van der Waals surface area contributed by atoms with E-state index in [0.717, 1.165) is 49.2 Å². The summed E-state index contributed by atoms with van der Waals surface area (Å²) in [6.07, 6.45) is 4.21. The minimum atomic E-state index is -0.0730. The molecule has 0 bridgehead atoms. The fourth-order valence-corrected chi connectivity index (χ4v) is 2.89. The van der Waals surface area contributed by atoms with Gasteiger partial charge in [-0.05, 0) is 37.8 Å². The molecule has 2 aromatic rings. The Morgan fingerprint density at radius 3 is 2.95 bits per heavy atom. The topological polar surface area (TPSA) is 61.0 Å². The van der Waals surface area contributed by atoms with Gasteiger partial charge in [-0.15, -0.1) is 0 Å². The predicted molar refractivity (Wildman–Crippen MR) is 77.6 cm³/mol.